The van der Waals surface area contributed by atoms with Gasteiger partial charge >= 0.3 is 0 Å². The number of nitrogens with zero attached hydrogens (tertiary/aromatic N) is 1. The number of halogens is 1. The van der Waals surface area contributed by atoms with Gasteiger partial charge in [-0.1, -0.05) is 31.4 Å². The van der Waals surface area contributed by atoms with E-state index in [-0.39, 0.29) is 27.6 Å². The zero-order valence-corrected chi connectivity index (χ0v) is 12.8. The van der Waals surface area contributed by atoms with Gasteiger partial charge in [0.1, 0.15) is 5.02 Å². The fourth-order valence-electron chi connectivity index (χ4n) is 2.94. The van der Waals surface area contributed by atoms with Gasteiger partial charge in [0.05, 0.1) is 4.92 Å². The Morgan fingerprint density at radius 1 is 1.43 bits per heavy atom. The predicted octanol–water partition coefficient (Wildman–Crippen LogP) is 3.95. The molecular weight excluding hydrogens is 292 g/mol. The van der Waals surface area contributed by atoms with Crippen molar-refractivity contribution in [2.45, 2.75) is 39.0 Å². The Morgan fingerprint density at radius 3 is 2.67 bits per heavy atom. The van der Waals surface area contributed by atoms with Gasteiger partial charge in [0.2, 0.25) is 0 Å². The van der Waals surface area contributed by atoms with Gasteiger partial charge in [-0.05, 0) is 36.8 Å². The highest BCUT2D eigenvalue weighted by atomic mass is 35.5. The number of carbonyl (C=O) groups excluding carboxylic acids is 1. The van der Waals surface area contributed by atoms with Gasteiger partial charge in [-0.2, -0.15) is 0 Å². The summed E-state index contributed by atoms with van der Waals surface area (Å²) in [4.78, 5) is 22.4. The standard InChI is InChI=1S/C15H19ClN2O3/c1-2-15(7-3-4-8-15)10-17-14(19)11-5-6-12(16)13(9-11)18(20)21/h5-6,9H,2-4,7-8,10H2,1H3,(H,17,19). The molecule has 1 saturated carbocycles. The summed E-state index contributed by atoms with van der Waals surface area (Å²) in [6, 6.07) is 4.13. The Kier molecular flexibility index (Phi) is 4.83. The number of amides is 1. The zero-order chi connectivity index (χ0) is 15.5. The van der Waals surface area contributed by atoms with E-state index < -0.39 is 4.92 Å². The molecule has 1 aliphatic carbocycles. The average Bonchev–Trinajstić information content (AvgIpc) is 2.94. The Bertz CT molecular complexity index is 554. The van der Waals surface area contributed by atoms with Crippen LogP contribution >= 0.6 is 11.6 Å². The van der Waals surface area contributed by atoms with Crippen LogP contribution in [0.15, 0.2) is 18.2 Å². The number of hydrogen-bond acceptors (Lipinski definition) is 3. The van der Waals surface area contributed by atoms with Crippen LogP contribution in [-0.2, 0) is 0 Å². The maximum atomic E-state index is 12.2. The quantitative estimate of drug-likeness (QED) is 0.661. The third-order valence-electron chi connectivity index (χ3n) is 4.44. The smallest absolute Gasteiger partial charge is 0.288 e. The van der Waals surface area contributed by atoms with Crippen LogP contribution in [0.1, 0.15) is 49.4 Å². The van der Waals surface area contributed by atoms with Crippen molar-refractivity contribution in [3.63, 3.8) is 0 Å². The molecule has 1 N–H and O–H groups in total. The van der Waals surface area contributed by atoms with E-state index in [1.165, 1.54) is 31.0 Å². The number of nitro benzene ring substituents is 1. The highest BCUT2D eigenvalue weighted by molar-refractivity contribution is 6.32. The normalized spacial score (nSPS) is 16.7. The van der Waals surface area contributed by atoms with E-state index >= 15 is 0 Å². The van der Waals surface area contributed by atoms with Crippen LogP contribution < -0.4 is 5.32 Å². The van der Waals surface area contributed by atoms with Crippen LogP contribution in [0, 0.1) is 15.5 Å². The molecule has 0 heterocycles. The molecule has 0 saturated heterocycles. The van der Waals surface area contributed by atoms with Gasteiger partial charge in [-0.15, -0.1) is 0 Å². The maximum Gasteiger partial charge on any atom is 0.288 e. The van der Waals surface area contributed by atoms with Crippen molar-refractivity contribution in [3.05, 3.63) is 38.9 Å². The molecule has 2 rings (SSSR count). The average molecular weight is 311 g/mol. The van der Waals surface area contributed by atoms with E-state index in [1.807, 2.05) is 0 Å². The summed E-state index contributed by atoms with van der Waals surface area (Å²) in [6.45, 7) is 2.77. The maximum absolute atomic E-state index is 12.2. The Labute approximate surface area is 128 Å². The summed E-state index contributed by atoms with van der Waals surface area (Å²) in [5.41, 5.74) is 0.222. The van der Waals surface area contributed by atoms with Crippen molar-refractivity contribution >= 4 is 23.2 Å². The highest BCUT2D eigenvalue weighted by Crippen LogP contribution is 2.40. The van der Waals surface area contributed by atoms with Crippen LogP contribution in [0.2, 0.25) is 5.02 Å². The van der Waals surface area contributed by atoms with Gasteiger partial charge in [-0.3, -0.25) is 14.9 Å². The van der Waals surface area contributed by atoms with Crippen LogP contribution in [0.5, 0.6) is 0 Å². The molecule has 1 aliphatic rings. The molecule has 0 radical (unpaired) electrons. The van der Waals surface area contributed by atoms with E-state index in [0.29, 0.717) is 6.54 Å². The molecule has 0 aliphatic heterocycles. The summed E-state index contributed by atoms with van der Waals surface area (Å²) < 4.78 is 0. The van der Waals surface area contributed by atoms with Gasteiger partial charge < -0.3 is 5.32 Å². The minimum atomic E-state index is -0.580. The van der Waals surface area contributed by atoms with Gasteiger partial charge in [-0.25, -0.2) is 0 Å². The van der Waals surface area contributed by atoms with Gasteiger partial charge in [0.25, 0.3) is 11.6 Å². The van der Waals surface area contributed by atoms with Crippen molar-refractivity contribution < 1.29 is 9.72 Å². The number of nitro groups is 1. The molecule has 114 valence electrons. The minimum absolute atomic E-state index is 0.0392. The molecule has 0 spiro atoms. The van der Waals surface area contributed by atoms with E-state index in [1.54, 1.807) is 0 Å². The lowest BCUT2D eigenvalue weighted by Crippen LogP contribution is -2.35. The number of benzene rings is 1. The summed E-state index contributed by atoms with van der Waals surface area (Å²) in [5.74, 6) is -0.283. The first-order chi connectivity index (χ1) is 9.97. The molecule has 1 aromatic rings. The van der Waals surface area contributed by atoms with Crippen molar-refractivity contribution in [1.29, 1.82) is 0 Å². The lowest BCUT2D eigenvalue weighted by molar-refractivity contribution is -0.384. The van der Waals surface area contributed by atoms with Crippen molar-refractivity contribution in [2.75, 3.05) is 6.54 Å². The molecule has 1 aromatic carbocycles. The summed E-state index contributed by atoms with van der Waals surface area (Å²) in [7, 11) is 0. The van der Waals surface area contributed by atoms with Crippen molar-refractivity contribution in [3.8, 4) is 0 Å². The van der Waals surface area contributed by atoms with Gasteiger partial charge in [0, 0.05) is 18.2 Å². The molecule has 5 nitrogen and oxygen atoms in total. The molecule has 0 bridgehead atoms. The van der Waals surface area contributed by atoms with E-state index in [0.717, 1.165) is 19.3 Å². The first kappa shape index (κ1) is 15.8. The minimum Gasteiger partial charge on any atom is -0.351 e. The molecule has 0 unspecified atom stereocenters. The van der Waals surface area contributed by atoms with E-state index in [4.69, 9.17) is 11.6 Å². The lowest BCUT2D eigenvalue weighted by atomic mass is 9.83. The Balaban J connectivity index is 2.07. The summed E-state index contributed by atoms with van der Waals surface area (Å²) in [5, 5.41) is 13.8. The van der Waals surface area contributed by atoms with Crippen molar-refractivity contribution in [1.82, 2.24) is 5.32 Å². The first-order valence-electron chi connectivity index (χ1n) is 7.19. The summed E-state index contributed by atoms with van der Waals surface area (Å²) >= 11 is 5.75. The topological polar surface area (TPSA) is 72.2 Å². The molecule has 6 heteroatoms. The molecule has 0 atom stereocenters. The van der Waals surface area contributed by atoms with E-state index in [9.17, 15) is 14.9 Å². The third kappa shape index (κ3) is 3.53. The van der Waals surface area contributed by atoms with Crippen LogP contribution in [0.25, 0.3) is 0 Å². The number of rotatable bonds is 5. The lowest BCUT2D eigenvalue weighted by Gasteiger charge is -2.27. The van der Waals surface area contributed by atoms with Crippen molar-refractivity contribution in [2.24, 2.45) is 5.41 Å². The van der Waals surface area contributed by atoms with Crippen LogP contribution in [0.3, 0.4) is 0 Å². The summed E-state index contributed by atoms with van der Waals surface area (Å²) in [6.07, 6.45) is 5.70. The van der Waals surface area contributed by atoms with E-state index in [2.05, 4.69) is 12.2 Å². The molecule has 21 heavy (non-hydrogen) atoms. The number of nitrogens with one attached hydrogen (secondary N) is 1. The zero-order valence-electron chi connectivity index (χ0n) is 12.0. The predicted molar refractivity (Wildman–Crippen MR) is 81.6 cm³/mol. The Hall–Kier alpha value is -1.62. The molecule has 1 fully saturated rings. The molecule has 0 aromatic heterocycles. The SMILES string of the molecule is CCC1(CNC(=O)c2ccc(Cl)c([N+](=O)[O-])c2)CCCC1. The fraction of sp³-hybridized carbons (Fsp3) is 0.533. The van der Waals surface area contributed by atoms with Gasteiger partial charge in [0.15, 0.2) is 0 Å². The number of carbonyl (C=O) groups is 1. The molecular formula is C15H19ClN2O3. The second kappa shape index (κ2) is 6.43. The fourth-order valence-corrected chi connectivity index (χ4v) is 3.13. The second-order valence-electron chi connectivity index (χ2n) is 5.67. The Morgan fingerprint density at radius 2 is 2.10 bits per heavy atom. The second-order valence-corrected chi connectivity index (χ2v) is 6.07. The largest absolute Gasteiger partial charge is 0.351 e. The van der Waals surface area contributed by atoms with Crippen LogP contribution in [-0.4, -0.2) is 17.4 Å². The monoisotopic (exact) mass is 310 g/mol. The molecule has 1 amide bonds. The first-order valence-corrected chi connectivity index (χ1v) is 7.57. The number of hydrogen-bond donors (Lipinski definition) is 1. The van der Waals surface area contributed by atoms with Crippen LogP contribution in [0.4, 0.5) is 5.69 Å². The third-order valence-corrected chi connectivity index (χ3v) is 4.76. The highest BCUT2D eigenvalue weighted by Gasteiger charge is 2.32.